The molecule has 0 bridgehead atoms. The molecule has 0 fully saturated rings. The molecule has 0 radical (unpaired) electrons. The Bertz CT molecular complexity index is 2650. The maximum Gasteiger partial charge on any atom is 0.331 e. The monoisotopic (exact) mass is 1180 g/mol. The van der Waals surface area contributed by atoms with E-state index in [1.807, 2.05) is 61.5 Å². The summed E-state index contributed by atoms with van der Waals surface area (Å²) >= 11 is 9.74. The molecule has 0 saturated carbocycles. The normalized spacial score (nSPS) is 10.4. The molecule has 6 rings (SSSR count). The lowest BCUT2D eigenvalue weighted by Crippen LogP contribution is -2.29. The van der Waals surface area contributed by atoms with Gasteiger partial charge in [-0.25, -0.2) is 9.59 Å². The van der Waals surface area contributed by atoms with Crippen LogP contribution in [0.2, 0.25) is 0 Å². The zero-order chi connectivity index (χ0) is 52.3. The van der Waals surface area contributed by atoms with Crippen molar-refractivity contribution in [3.8, 4) is 34.5 Å². The molecule has 0 heterocycles. The fourth-order valence-corrected chi connectivity index (χ4v) is 11.5. The first kappa shape index (κ1) is 59.0. The molecule has 71 heavy (non-hydrogen) atoms. The highest BCUT2D eigenvalue weighted by atomic mass is 79.9. The lowest BCUT2D eigenvalue weighted by Gasteiger charge is -2.28. The Morgan fingerprint density at radius 2 is 0.930 bits per heavy atom. The molecule has 6 aromatic rings. The number of hydrogen-bond donors (Lipinski definition) is 3. The van der Waals surface area contributed by atoms with Crippen LogP contribution in [0.25, 0.3) is 6.08 Å². The van der Waals surface area contributed by atoms with Crippen molar-refractivity contribution in [2.24, 2.45) is 0 Å². The summed E-state index contributed by atoms with van der Waals surface area (Å²) in [5.41, 5.74) is 2.06. The standard InChI is InChI=1S/C22H21O2P.C12H15BrO4.C12H13BrO4.C8H7BrO3/c1-2-24-22(23)18-25(19-12-6-3-7-13-19,20-14-8-4-9-15-20)21-16-10-5-11-17-21;2*1-3-17-12(15)5-4-8-6-11(16-2)10(14)7-9(8)13;1-12-8-2-5(4-10)6(9)3-7(8)11/h3-18H,2H2,1H3;6-7,14H,3-5H2,1-2H3;4-7,14H,3H2,1-2H3;2-4,11H,1H3/b;;5-4+;. The van der Waals surface area contributed by atoms with E-state index >= 15 is 0 Å². The van der Waals surface area contributed by atoms with Gasteiger partial charge in [-0.15, -0.1) is 0 Å². The van der Waals surface area contributed by atoms with Gasteiger partial charge in [-0.05, 0) is 120 Å². The molecule has 0 aliphatic rings. The van der Waals surface area contributed by atoms with Crippen LogP contribution in [0.4, 0.5) is 0 Å². The molecular formula is C54H56Br3O13P. The molecule has 0 atom stereocenters. The largest absolute Gasteiger partial charge is 0.504 e. The number of aldehydes is 1. The van der Waals surface area contributed by atoms with Crippen molar-refractivity contribution < 1.29 is 62.9 Å². The first-order valence-corrected chi connectivity index (χ1v) is 26.1. The summed E-state index contributed by atoms with van der Waals surface area (Å²) in [7, 11) is 4.37. The number of halogens is 3. The molecule has 0 aliphatic carbocycles. The second-order valence-corrected chi connectivity index (χ2v) is 20.1. The van der Waals surface area contributed by atoms with Crippen molar-refractivity contribution in [2.75, 3.05) is 41.2 Å². The number of methoxy groups -OCH3 is 3. The first-order valence-electron chi connectivity index (χ1n) is 21.8. The van der Waals surface area contributed by atoms with Gasteiger partial charge in [0.2, 0.25) is 0 Å². The molecule has 0 saturated heterocycles. The van der Waals surface area contributed by atoms with Crippen LogP contribution in [0.15, 0.2) is 147 Å². The smallest absolute Gasteiger partial charge is 0.331 e. The molecule has 0 unspecified atom stereocenters. The fourth-order valence-electron chi connectivity index (χ4n) is 6.42. The number of phenolic OH excluding ortho intramolecular Hbond substituents is 3. The SMILES string of the molecule is CCOC(=O)/C=C/c1cc(OC)c(O)cc1Br.CCOC(=O)C=P(c1ccccc1)(c1ccccc1)c1ccccc1.CCOC(=O)CCc1cc(OC)c(O)cc1Br.COc1cc(C=O)c(Br)cc1O. The molecule has 376 valence electrons. The second kappa shape index (κ2) is 31.1. The number of ether oxygens (including phenoxy) is 6. The number of aryl methyl sites for hydroxylation is 1. The van der Waals surface area contributed by atoms with Crippen LogP contribution < -0.4 is 30.1 Å². The fraction of sp³-hybridized carbons (Fsp3) is 0.204. The summed E-state index contributed by atoms with van der Waals surface area (Å²) in [5.74, 6) is 2.03. The molecule has 0 aromatic heterocycles. The van der Waals surface area contributed by atoms with Crippen LogP contribution in [-0.2, 0) is 35.0 Å². The van der Waals surface area contributed by atoms with E-state index in [9.17, 15) is 34.5 Å². The van der Waals surface area contributed by atoms with E-state index in [2.05, 4.69) is 84.2 Å². The van der Waals surface area contributed by atoms with E-state index in [1.165, 1.54) is 45.6 Å². The lowest BCUT2D eigenvalue weighted by molar-refractivity contribution is -0.143. The van der Waals surface area contributed by atoms with Crippen LogP contribution in [0.1, 0.15) is 48.7 Å². The van der Waals surface area contributed by atoms with E-state index in [0.717, 1.165) is 25.9 Å². The molecule has 6 aromatic carbocycles. The summed E-state index contributed by atoms with van der Waals surface area (Å²) in [4.78, 5) is 45.3. The van der Waals surface area contributed by atoms with Crippen molar-refractivity contribution in [3.63, 3.8) is 0 Å². The Labute approximate surface area is 439 Å². The van der Waals surface area contributed by atoms with E-state index in [4.69, 9.17) is 28.4 Å². The van der Waals surface area contributed by atoms with Crippen LogP contribution in [-0.4, -0.2) is 86.5 Å². The summed E-state index contributed by atoms with van der Waals surface area (Å²) in [6.45, 7) is 4.20. The van der Waals surface area contributed by atoms with Crippen LogP contribution >= 0.6 is 54.7 Å². The van der Waals surface area contributed by atoms with Gasteiger partial charge in [0.25, 0.3) is 0 Å². The van der Waals surface area contributed by atoms with Gasteiger partial charge in [0, 0.05) is 37.3 Å². The Kier molecular flexibility index (Phi) is 25.8. The van der Waals surface area contributed by atoms with Crippen molar-refractivity contribution >= 4 is 107 Å². The van der Waals surface area contributed by atoms with Gasteiger partial charge in [0.05, 0.1) is 41.2 Å². The zero-order valence-corrected chi connectivity index (χ0v) is 45.6. The molecule has 17 heteroatoms. The highest BCUT2D eigenvalue weighted by Gasteiger charge is 2.26. The van der Waals surface area contributed by atoms with Crippen LogP contribution in [0, 0.1) is 0 Å². The van der Waals surface area contributed by atoms with Gasteiger partial charge >= 0.3 is 17.9 Å². The van der Waals surface area contributed by atoms with Gasteiger partial charge in [-0.1, -0.05) is 123 Å². The third kappa shape index (κ3) is 18.1. The topological polar surface area (TPSA) is 184 Å². The average molecular weight is 1180 g/mol. The average Bonchev–Trinajstić information content (AvgIpc) is 3.37. The number of phenols is 3. The highest BCUT2D eigenvalue weighted by molar-refractivity contribution is 9.11. The number of rotatable bonds is 16. The summed E-state index contributed by atoms with van der Waals surface area (Å²) < 4.78 is 31.7. The zero-order valence-electron chi connectivity index (χ0n) is 40.0. The predicted octanol–water partition coefficient (Wildman–Crippen LogP) is 10.7. The van der Waals surface area contributed by atoms with Gasteiger partial charge in [0.1, 0.15) is 0 Å². The summed E-state index contributed by atoms with van der Waals surface area (Å²) in [6, 6.07) is 40.0. The quantitative estimate of drug-likeness (QED) is 0.0274. The number of aromatic hydroxyl groups is 3. The minimum atomic E-state index is -2.24. The van der Waals surface area contributed by atoms with Crippen molar-refractivity contribution in [1.29, 1.82) is 0 Å². The lowest BCUT2D eigenvalue weighted by atomic mass is 10.1. The van der Waals surface area contributed by atoms with E-state index in [0.29, 0.717) is 76.3 Å². The minimum Gasteiger partial charge on any atom is -0.504 e. The first-order chi connectivity index (χ1) is 34.1. The van der Waals surface area contributed by atoms with Gasteiger partial charge in [-0.3, -0.25) is 9.59 Å². The summed E-state index contributed by atoms with van der Waals surface area (Å²) in [5, 5.41) is 31.7. The number of carbonyl (C=O) groups excluding carboxylic acids is 4. The van der Waals surface area contributed by atoms with E-state index in [1.54, 1.807) is 43.9 Å². The summed E-state index contributed by atoms with van der Waals surface area (Å²) in [6.07, 6.45) is 4.44. The van der Waals surface area contributed by atoms with Crippen LogP contribution in [0.5, 0.6) is 34.5 Å². The second-order valence-electron chi connectivity index (χ2n) is 14.3. The Balaban J connectivity index is 0.000000259. The maximum atomic E-state index is 12.5. The Hall–Kier alpha value is -6.32. The van der Waals surface area contributed by atoms with Crippen molar-refractivity contribution in [3.05, 3.63) is 164 Å². The number of esters is 3. The Morgan fingerprint density at radius 3 is 1.35 bits per heavy atom. The predicted molar refractivity (Wildman–Crippen MR) is 291 cm³/mol. The Morgan fingerprint density at radius 1 is 0.535 bits per heavy atom. The molecule has 13 nitrogen and oxygen atoms in total. The number of benzene rings is 6. The third-order valence-electron chi connectivity index (χ3n) is 9.74. The van der Waals surface area contributed by atoms with Crippen molar-refractivity contribution in [2.45, 2.75) is 33.6 Å². The van der Waals surface area contributed by atoms with Crippen LogP contribution in [0.3, 0.4) is 0 Å². The third-order valence-corrected chi connectivity index (χ3v) is 15.8. The van der Waals surface area contributed by atoms with Gasteiger partial charge in [0.15, 0.2) is 40.8 Å². The minimum absolute atomic E-state index is 0.00924. The molecule has 0 spiro atoms. The molecule has 3 N–H and O–H groups in total. The maximum absolute atomic E-state index is 12.5. The molecule has 0 aliphatic heterocycles. The number of carbonyl (C=O) groups is 4. The highest BCUT2D eigenvalue weighted by Crippen LogP contribution is 2.43. The molecule has 0 amide bonds. The van der Waals surface area contributed by atoms with E-state index in [-0.39, 0.29) is 29.2 Å². The van der Waals surface area contributed by atoms with E-state index < -0.39 is 12.9 Å². The van der Waals surface area contributed by atoms with Gasteiger partial charge < -0.3 is 43.7 Å². The van der Waals surface area contributed by atoms with Crippen molar-refractivity contribution in [1.82, 2.24) is 0 Å². The van der Waals surface area contributed by atoms with Gasteiger partial charge in [-0.2, -0.15) is 0 Å². The molecular weight excluding hydrogens is 1130 g/mol. The number of hydrogen-bond acceptors (Lipinski definition) is 13.